The third-order valence-electron chi connectivity index (χ3n) is 3.29. The summed E-state index contributed by atoms with van der Waals surface area (Å²) >= 11 is 3.42. The van der Waals surface area contributed by atoms with E-state index in [0.29, 0.717) is 27.5 Å². The van der Waals surface area contributed by atoms with Gasteiger partial charge in [0.2, 0.25) is 11.8 Å². The first-order valence-corrected chi connectivity index (χ1v) is 7.62. The van der Waals surface area contributed by atoms with Gasteiger partial charge in [-0.1, -0.05) is 0 Å². The Labute approximate surface area is 142 Å². The number of hydrogen-bond donors (Lipinski definition) is 1. The van der Waals surface area contributed by atoms with Gasteiger partial charge in [0.05, 0.1) is 22.8 Å². The molecule has 0 spiro atoms. The average Bonchev–Trinajstić information content (AvgIpc) is 3.23. The van der Waals surface area contributed by atoms with Crippen molar-refractivity contribution in [2.45, 2.75) is 6.42 Å². The summed E-state index contributed by atoms with van der Waals surface area (Å²) in [5, 5.41) is 4.26. The maximum atomic E-state index is 13.7. The highest BCUT2D eigenvalue weighted by atomic mass is 79.9. The molecular formula is C14H9BrFN7O. The fourth-order valence-corrected chi connectivity index (χ4v) is 2.74. The Hall–Kier alpha value is -2.88. The number of aromatic nitrogens is 6. The second-order valence-corrected chi connectivity index (χ2v) is 5.63. The van der Waals surface area contributed by atoms with Crippen LogP contribution in [-0.4, -0.2) is 29.5 Å². The molecule has 0 saturated heterocycles. The van der Waals surface area contributed by atoms with E-state index in [4.69, 9.17) is 10.2 Å². The lowest BCUT2D eigenvalue weighted by Gasteiger charge is -2.03. The summed E-state index contributed by atoms with van der Waals surface area (Å²) < 4.78 is 20.9. The minimum Gasteiger partial charge on any atom is -0.443 e. The highest BCUT2D eigenvalue weighted by molar-refractivity contribution is 9.10. The zero-order valence-electron chi connectivity index (χ0n) is 12.0. The van der Waals surface area contributed by atoms with Gasteiger partial charge in [0.1, 0.15) is 17.8 Å². The molecule has 4 rings (SSSR count). The molecule has 0 aromatic carbocycles. The Morgan fingerprint density at radius 2 is 2.12 bits per heavy atom. The van der Waals surface area contributed by atoms with Gasteiger partial charge in [0.15, 0.2) is 11.5 Å². The zero-order valence-corrected chi connectivity index (χ0v) is 13.6. The van der Waals surface area contributed by atoms with E-state index in [-0.39, 0.29) is 18.1 Å². The van der Waals surface area contributed by atoms with Gasteiger partial charge in [0, 0.05) is 6.20 Å². The quantitative estimate of drug-likeness (QED) is 0.572. The van der Waals surface area contributed by atoms with Crippen LogP contribution in [0.3, 0.4) is 0 Å². The summed E-state index contributed by atoms with van der Waals surface area (Å²) in [6.45, 7) is 0. The number of nitrogens with two attached hydrogens (primary N) is 1. The molecule has 4 heterocycles. The lowest BCUT2D eigenvalue weighted by molar-refractivity contribution is 0.571. The molecule has 0 aliphatic carbocycles. The van der Waals surface area contributed by atoms with Gasteiger partial charge in [0.25, 0.3) is 0 Å². The zero-order chi connectivity index (χ0) is 16.7. The largest absolute Gasteiger partial charge is 0.443 e. The molecule has 0 amide bonds. The van der Waals surface area contributed by atoms with Crippen molar-refractivity contribution in [1.82, 2.24) is 29.5 Å². The van der Waals surface area contributed by atoms with Crippen LogP contribution in [0, 0.1) is 5.82 Å². The lowest BCUT2D eigenvalue weighted by Crippen LogP contribution is -2.05. The second kappa shape index (κ2) is 5.64. The third-order valence-corrected chi connectivity index (χ3v) is 4.02. The topological polar surface area (TPSA) is 108 Å². The minimum absolute atomic E-state index is 0.113. The first-order chi connectivity index (χ1) is 11.6. The number of pyridine rings is 1. The number of anilines is 1. The molecule has 0 fully saturated rings. The standard InChI is InChI=1S/C14H9BrFN7O/c15-10-11(13-19-4-5-24-13)21-14(17)23-12(10)20-9(22-23)6-8-7(16)2-1-3-18-8/h1-5H,6H2,(H2,17,21). The molecule has 0 radical (unpaired) electrons. The number of nitrogens with zero attached hydrogens (tertiary/aromatic N) is 6. The van der Waals surface area contributed by atoms with Crippen LogP contribution in [0.25, 0.3) is 17.2 Å². The SMILES string of the molecule is Nc1nc(-c2ncco2)c(Br)c2nc(Cc3ncccc3F)nn12. The first-order valence-electron chi connectivity index (χ1n) is 6.83. The van der Waals surface area contributed by atoms with Crippen molar-refractivity contribution in [2.75, 3.05) is 5.73 Å². The molecule has 0 aliphatic rings. The Morgan fingerprint density at radius 1 is 1.25 bits per heavy atom. The van der Waals surface area contributed by atoms with Gasteiger partial charge in [-0.05, 0) is 28.1 Å². The number of rotatable bonds is 3. The van der Waals surface area contributed by atoms with Crippen molar-refractivity contribution in [3.63, 3.8) is 0 Å². The molecule has 8 nitrogen and oxygen atoms in total. The van der Waals surface area contributed by atoms with Crippen molar-refractivity contribution >= 4 is 27.5 Å². The van der Waals surface area contributed by atoms with Gasteiger partial charge in [-0.2, -0.15) is 4.52 Å². The smallest absolute Gasteiger partial charge is 0.246 e. The molecule has 0 atom stereocenters. The molecule has 4 aromatic rings. The summed E-state index contributed by atoms with van der Waals surface area (Å²) in [6.07, 6.45) is 4.58. The van der Waals surface area contributed by atoms with E-state index in [1.165, 1.54) is 35.3 Å². The lowest BCUT2D eigenvalue weighted by atomic mass is 10.2. The van der Waals surface area contributed by atoms with Gasteiger partial charge in [-0.3, -0.25) is 4.98 Å². The van der Waals surface area contributed by atoms with Crippen LogP contribution in [0.5, 0.6) is 0 Å². The van der Waals surface area contributed by atoms with Crippen molar-refractivity contribution in [1.29, 1.82) is 0 Å². The van der Waals surface area contributed by atoms with Crippen molar-refractivity contribution < 1.29 is 8.81 Å². The fourth-order valence-electron chi connectivity index (χ4n) is 2.23. The van der Waals surface area contributed by atoms with Gasteiger partial charge in [-0.25, -0.2) is 19.3 Å². The van der Waals surface area contributed by atoms with Gasteiger partial charge < -0.3 is 10.2 Å². The van der Waals surface area contributed by atoms with E-state index in [9.17, 15) is 4.39 Å². The molecule has 0 aliphatic heterocycles. The Balaban J connectivity index is 1.82. The van der Waals surface area contributed by atoms with Crippen LogP contribution in [0.15, 0.2) is 39.7 Å². The molecule has 24 heavy (non-hydrogen) atoms. The molecule has 2 N–H and O–H groups in total. The highest BCUT2D eigenvalue weighted by Gasteiger charge is 2.19. The molecule has 0 bridgehead atoms. The molecule has 0 unspecified atom stereocenters. The molecular weight excluding hydrogens is 381 g/mol. The van der Waals surface area contributed by atoms with Crippen LogP contribution >= 0.6 is 15.9 Å². The number of oxazole rings is 1. The number of halogens is 2. The monoisotopic (exact) mass is 389 g/mol. The second-order valence-electron chi connectivity index (χ2n) is 4.84. The molecule has 10 heteroatoms. The van der Waals surface area contributed by atoms with Crippen LogP contribution < -0.4 is 5.73 Å². The van der Waals surface area contributed by atoms with E-state index >= 15 is 0 Å². The Kier molecular flexibility index (Phi) is 3.45. The third kappa shape index (κ3) is 2.40. The maximum absolute atomic E-state index is 13.7. The predicted octanol–water partition coefficient (Wildman–Crippen LogP) is 2.25. The molecule has 0 saturated carbocycles. The Morgan fingerprint density at radius 3 is 2.88 bits per heavy atom. The van der Waals surface area contributed by atoms with Crippen molar-refractivity contribution in [2.24, 2.45) is 0 Å². The summed E-state index contributed by atoms with van der Waals surface area (Å²) in [6, 6.07) is 2.86. The van der Waals surface area contributed by atoms with Crippen molar-refractivity contribution in [3.05, 3.63) is 52.6 Å². The highest BCUT2D eigenvalue weighted by Crippen LogP contribution is 2.29. The Bertz CT molecular complexity index is 1030. The van der Waals surface area contributed by atoms with E-state index in [2.05, 4.69) is 41.0 Å². The normalized spacial score (nSPS) is 11.2. The molecule has 120 valence electrons. The summed E-state index contributed by atoms with van der Waals surface area (Å²) in [4.78, 5) is 16.7. The van der Waals surface area contributed by atoms with E-state index < -0.39 is 5.82 Å². The first kappa shape index (κ1) is 14.7. The van der Waals surface area contributed by atoms with Crippen LogP contribution in [0.4, 0.5) is 10.3 Å². The van der Waals surface area contributed by atoms with Crippen molar-refractivity contribution in [3.8, 4) is 11.6 Å². The number of nitrogen functional groups attached to an aromatic ring is 1. The van der Waals surface area contributed by atoms with E-state index in [1.54, 1.807) is 0 Å². The summed E-state index contributed by atoms with van der Waals surface area (Å²) in [5.41, 5.74) is 7.03. The van der Waals surface area contributed by atoms with Crippen LogP contribution in [0.1, 0.15) is 11.5 Å². The summed E-state index contributed by atoms with van der Waals surface area (Å²) in [7, 11) is 0. The predicted molar refractivity (Wildman–Crippen MR) is 85.4 cm³/mol. The number of fused-ring (bicyclic) bond motifs is 1. The number of hydrogen-bond acceptors (Lipinski definition) is 7. The molecule has 4 aromatic heterocycles. The van der Waals surface area contributed by atoms with E-state index in [1.807, 2.05) is 0 Å². The maximum Gasteiger partial charge on any atom is 0.246 e. The van der Waals surface area contributed by atoms with Gasteiger partial charge in [-0.15, -0.1) is 5.10 Å². The van der Waals surface area contributed by atoms with Crippen LogP contribution in [-0.2, 0) is 6.42 Å². The van der Waals surface area contributed by atoms with E-state index in [0.717, 1.165) is 0 Å². The summed E-state index contributed by atoms with van der Waals surface area (Å²) in [5.74, 6) is 0.367. The minimum atomic E-state index is -0.415. The average molecular weight is 390 g/mol. The van der Waals surface area contributed by atoms with Gasteiger partial charge >= 0.3 is 0 Å². The fraction of sp³-hybridized carbons (Fsp3) is 0.0714. The van der Waals surface area contributed by atoms with Crippen LogP contribution in [0.2, 0.25) is 0 Å².